The maximum atomic E-state index is 12.0. The van der Waals surface area contributed by atoms with Gasteiger partial charge in [0.1, 0.15) is 0 Å². The highest BCUT2D eigenvalue weighted by atomic mass is 16.5. The Balaban J connectivity index is 1.78. The number of carbonyl (C=O) groups excluding carboxylic acids is 1. The van der Waals surface area contributed by atoms with Gasteiger partial charge >= 0.3 is 0 Å². The number of ether oxygens (including phenoxy) is 1. The summed E-state index contributed by atoms with van der Waals surface area (Å²) in [6.45, 7) is 9.43. The summed E-state index contributed by atoms with van der Waals surface area (Å²) >= 11 is 0. The van der Waals surface area contributed by atoms with Crippen LogP contribution in [-0.2, 0) is 9.53 Å². The van der Waals surface area contributed by atoms with Crippen molar-refractivity contribution < 1.29 is 9.53 Å². The predicted octanol–water partition coefficient (Wildman–Crippen LogP) is 1.01. The molecule has 4 heteroatoms. The maximum Gasteiger partial charge on any atom is 0.225 e. The monoisotopic (exact) mass is 240 g/mol. The van der Waals surface area contributed by atoms with E-state index in [1.54, 1.807) is 0 Å². The van der Waals surface area contributed by atoms with Gasteiger partial charge in [-0.15, -0.1) is 0 Å². The van der Waals surface area contributed by atoms with E-state index in [0.717, 1.165) is 32.5 Å². The summed E-state index contributed by atoms with van der Waals surface area (Å²) in [6, 6.07) is 0. The van der Waals surface area contributed by atoms with E-state index < -0.39 is 0 Å². The van der Waals surface area contributed by atoms with Crippen molar-refractivity contribution >= 4 is 5.91 Å². The molecule has 2 aliphatic rings. The van der Waals surface area contributed by atoms with E-state index in [4.69, 9.17) is 4.74 Å². The first-order chi connectivity index (χ1) is 7.96. The van der Waals surface area contributed by atoms with Crippen molar-refractivity contribution in [1.82, 2.24) is 10.2 Å². The second kappa shape index (κ2) is 4.94. The highest BCUT2D eigenvalue weighted by Gasteiger charge is 2.35. The molecule has 1 saturated heterocycles. The minimum absolute atomic E-state index is 0.103. The predicted molar refractivity (Wildman–Crippen MR) is 66.8 cm³/mol. The Morgan fingerprint density at radius 1 is 1.41 bits per heavy atom. The van der Waals surface area contributed by atoms with Gasteiger partial charge in [-0.2, -0.15) is 0 Å². The number of morpholine rings is 1. The molecule has 1 atom stereocenters. The summed E-state index contributed by atoms with van der Waals surface area (Å²) < 4.78 is 5.70. The second-order valence-electron chi connectivity index (χ2n) is 6.18. The van der Waals surface area contributed by atoms with Crippen molar-refractivity contribution in [3.05, 3.63) is 0 Å². The lowest BCUT2D eigenvalue weighted by atomic mass is 10.1. The third kappa shape index (κ3) is 3.96. The van der Waals surface area contributed by atoms with Gasteiger partial charge in [0.2, 0.25) is 5.91 Å². The van der Waals surface area contributed by atoms with Gasteiger partial charge in [-0.1, -0.05) is 0 Å². The Morgan fingerprint density at radius 3 is 2.71 bits per heavy atom. The number of amides is 1. The maximum absolute atomic E-state index is 12.0. The van der Waals surface area contributed by atoms with E-state index >= 15 is 0 Å². The molecule has 2 rings (SSSR count). The van der Waals surface area contributed by atoms with E-state index in [0.29, 0.717) is 18.4 Å². The molecule has 1 N–H and O–H groups in total. The van der Waals surface area contributed by atoms with Gasteiger partial charge in [-0.3, -0.25) is 4.79 Å². The molecule has 0 aromatic heterocycles. The molecule has 0 aromatic carbocycles. The zero-order chi connectivity index (χ0) is 12.5. The summed E-state index contributed by atoms with van der Waals surface area (Å²) in [5.41, 5.74) is 0.103. The van der Waals surface area contributed by atoms with Crippen molar-refractivity contribution in [1.29, 1.82) is 0 Å². The topological polar surface area (TPSA) is 41.6 Å². The zero-order valence-electron chi connectivity index (χ0n) is 11.2. The summed E-state index contributed by atoms with van der Waals surface area (Å²) in [7, 11) is 0. The van der Waals surface area contributed by atoms with Crippen LogP contribution in [0.25, 0.3) is 0 Å². The van der Waals surface area contributed by atoms with Crippen LogP contribution in [0, 0.1) is 5.92 Å². The molecule has 0 bridgehead atoms. The van der Waals surface area contributed by atoms with E-state index in [2.05, 4.69) is 26.1 Å². The fourth-order valence-electron chi connectivity index (χ4n) is 2.05. The lowest BCUT2D eigenvalue weighted by molar-refractivity contribution is -0.140. The minimum atomic E-state index is 0.103. The first kappa shape index (κ1) is 12.8. The first-order valence-corrected chi connectivity index (χ1v) is 6.61. The molecule has 2 fully saturated rings. The van der Waals surface area contributed by atoms with Gasteiger partial charge in [-0.05, 0) is 33.6 Å². The van der Waals surface area contributed by atoms with Crippen LogP contribution in [0.4, 0.5) is 0 Å². The normalized spacial score (nSPS) is 26.1. The second-order valence-corrected chi connectivity index (χ2v) is 6.18. The highest BCUT2D eigenvalue weighted by molar-refractivity contribution is 5.81. The molecule has 0 unspecified atom stereocenters. The molecular formula is C13H24N2O2. The average Bonchev–Trinajstić information content (AvgIpc) is 3.09. The Hall–Kier alpha value is -0.610. The zero-order valence-corrected chi connectivity index (χ0v) is 11.2. The van der Waals surface area contributed by atoms with E-state index in [1.165, 1.54) is 0 Å². The van der Waals surface area contributed by atoms with Crippen molar-refractivity contribution in [2.45, 2.75) is 45.3 Å². The number of nitrogens with one attached hydrogen (secondary N) is 1. The number of hydrogen-bond acceptors (Lipinski definition) is 3. The molecule has 1 saturated carbocycles. The molecule has 0 aromatic rings. The third-order valence-electron chi connectivity index (χ3n) is 3.24. The molecule has 1 amide bonds. The Morgan fingerprint density at radius 2 is 2.12 bits per heavy atom. The lowest BCUT2D eigenvalue weighted by Crippen LogP contribution is -2.51. The van der Waals surface area contributed by atoms with E-state index in [9.17, 15) is 4.79 Å². The van der Waals surface area contributed by atoms with Crippen LogP contribution in [-0.4, -0.2) is 48.7 Å². The SMILES string of the molecule is CC(C)(C)NC[C@H]1CN(C(=O)C2CC2)CCO1. The molecule has 0 spiro atoms. The minimum Gasteiger partial charge on any atom is -0.373 e. The Kier molecular flexibility index (Phi) is 3.73. The fraction of sp³-hybridized carbons (Fsp3) is 0.923. The standard InChI is InChI=1S/C13H24N2O2/c1-13(2,3)14-8-11-9-15(6-7-17-11)12(16)10-4-5-10/h10-11,14H,4-9H2,1-3H3/t11-/m0/s1. The van der Waals surface area contributed by atoms with Crippen LogP contribution < -0.4 is 5.32 Å². The van der Waals surface area contributed by atoms with Crippen LogP contribution >= 0.6 is 0 Å². The van der Waals surface area contributed by atoms with Gasteiger partial charge in [0, 0.05) is 31.1 Å². The largest absolute Gasteiger partial charge is 0.373 e. The lowest BCUT2D eigenvalue weighted by Gasteiger charge is -2.34. The van der Waals surface area contributed by atoms with Crippen LogP contribution in [0.1, 0.15) is 33.6 Å². The van der Waals surface area contributed by atoms with Crippen molar-refractivity contribution in [3.63, 3.8) is 0 Å². The number of rotatable bonds is 3. The van der Waals surface area contributed by atoms with E-state index in [1.807, 2.05) is 4.90 Å². The van der Waals surface area contributed by atoms with Crippen molar-refractivity contribution in [2.24, 2.45) is 5.92 Å². The third-order valence-corrected chi connectivity index (χ3v) is 3.24. The molecule has 4 nitrogen and oxygen atoms in total. The summed E-state index contributed by atoms with van der Waals surface area (Å²) in [4.78, 5) is 13.9. The molecular weight excluding hydrogens is 216 g/mol. The Bertz CT molecular complexity index is 282. The summed E-state index contributed by atoms with van der Waals surface area (Å²) in [5, 5.41) is 3.43. The highest BCUT2D eigenvalue weighted by Crippen LogP contribution is 2.31. The molecule has 0 radical (unpaired) electrons. The molecule has 98 valence electrons. The number of carbonyl (C=O) groups is 1. The van der Waals surface area contributed by atoms with Gasteiger partial charge in [0.05, 0.1) is 12.7 Å². The smallest absolute Gasteiger partial charge is 0.225 e. The van der Waals surface area contributed by atoms with Gasteiger partial charge < -0.3 is 15.0 Å². The average molecular weight is 240 g/mol. The number of hydrogen-bond donors (Lipinski definition) is 1. The molecule has 1 heterocycles. The number of nitrogens with zero attached hydrogens (tertiary/aromatic N) is 1. The summed E-state index contributed by atoms with van der Waals surface area (Å²) in [5.74, 6) is 0.665. The van der Waals surface area contributed by atoms with Gasteiger partial charge in [-0.25, -0.2) is 0 Å². The van der Waals surface area contributed by atoms with Crippen LogP contribution in [0.3, 0.4) is 0 Å². The van der Waals surface area contributed by atoms with Gasteiger partial charge in [0.15, 0.2) is 0 Å². The molecule has 1 aliphatic heterocycles. The Labute approximate surface area is 104 Å². The molecule has 17 heavy (non-hydrogen) atoms. The van der Waals surface area contributed by atoms with Crippen LogP contribution in [0.5, 0.6) is 0 Å². The van der Waals surface area contributed by atoms with Crippen molar-refractivity contribution in [2.75, 3.05) is 26.2 Å². The van der Waals surface area contributed by atoms with Crippen molar-refractivity contribution in [3.8, 4) is 0 Å². The summed E-state index contributed by atoms with van der Waals surface area (Å²) in [6.07, 6.45) is 2.31. The first-order valence-electron chi connectivity index (χ1n) is 6.61. The van der Waals surface area contributed by atoms with Crippen LogP contribution in [0.15, 0.2) is 0 Å². The fourth-order valence-corrected chi connectivity index (χ4v) is 2.05. The van der Waals surface area contributed by atoms with Crippen LogP contribution in [0.2, 0.25) is 0 Å². The van der Waals surface area contributed by atoms with E-state index in [-0.39, 0.29) is 11.6 Å². The quantitative estimate of drug-likeness (QED) is 0.800. The van der Waals surface area contributed by atoms with Gasteiger partial charge in [0.25, 0.3) is 0 Å². The molecule has 1 aliphatic carbocycles.